The van der Waals surface area contributed by atoms with E-state index < -0.39 is 23.4 Å². The monoisotopic (exact) mass is 466 g/mol. The summed E-state index contributed by atoms with van der Waals surface area (Å²) in [5.41, 5.74) is 1.23. The molecule has 10 heteroatoms. The smallest absolute Gasteiger partial charge is 0.359 e. The molecule has 4 aromatic rings. The van der Waals surface area contributed by atoms with Crippen molar-refractivity contribution in [1.82, 2.24) is 9.78 Å². The van der Waals surface area contributed by atoms with Gasteiger partial charge in [0.2, 0.25) is 0 Å². The van der Waals surface area contributed by atoms with E-state index in [2.05, 4.69) is 15.7 Å². The first-order chi connectivity index (χ1) is 15.9. The third kappa shape index (κ3) is 4.60. The average Bonchev–Trinajstić information content (AvgIpc) is 3.20. The number of thiophene rings is 1. The normalized spacial score (nSPS) is 10.8. The van der Waals surface area contributed by atoms with Crippen LogP contribution in [0.4, 0.5) is 19.9 Å². The van der Waals surface area contributed by atoms with Crippen molar-refractivity contribution in [2.24, 2.45) is 0 Å². The van der Waals surface area contributed by atoms with Crippen LogP contribution in [0.1, 0.15) is 23.0 Å². The van der Waals surface area contributed by atoms with Gasteiger partial charge in [-0.25, -0.2) is 14.0 Å². The number of aryl methyl sites for hydroxylation is 1. The number of hydrogen-bond acceptors (Lipinski definition) is 6. The maximum absolute atomic E-state index is 13.4. The third-order valence-corrected chi connectivity index (χ3v) is 5.62. The van der Waals surface area contributed by atoms with Crippen LogP contribution in [-0.2, 0) is 4.74 Å². The van der Waals surface area contributed by atoms with Crippen LogP contribution in [0.5, 0.6) is 0 Å². The Kier molecular flexibility index (Phi) is 6.18. The number of aromatic nitrogens is 2. The fourth-order valence-corrected chi connectivity index (χ4v) is 4.08. The molecule has 0 atom stereocenters. The molecule has 0 aliphatic heterocycles. The summed E-state index contributed by atoms with van der Waals surface area (Å²) in [6.45, 7) is 3.70. The van der Waals surface area contributed by atoms with E-state index >= 15 is 0 Å². The zero-order valence-corrected chi connectivity index (χ0v) is 18.5. The van der Waals surface area contributed by atoms with Crippen LogP contribution >= 0.6 is 11.3 Å². The topological polar surface area (TPSA) is 102 Å². The van der Waals surface area contributed by atoms with Crippen LogP contribution in [-0.4, -0.2) is 28.4 Å². The minimum atomic E-state index is -0.716. The van der Waals surface area contributed by atoms with Crippen molar-refractivity contribution in [2.75, 3.05) is 17.2 Å². The van der Waals surface area contributed by atoms with E-state index in [1.165, 1.54) is 24.3 Å². The van der Waals surface area contributed by atoms with E-state index in [9.17, 15) is 18.8 Å². The summed E-state index contributed by atoms with van der Waals surface area (Å²) in [6.07, 6.45) is 0. The highest BCUT2D eigenvalue weighted by molar-refractivity contribution is 7.16. The molecule has 4 rings (SSSR count). The van der Waals surface area contributed by atoms with Crippen molar-refractivity contribution >= 4 is 44.8 Å². The number of benzene rings is 2. The Labute approximate surface area is 191 Å². The summed E-state index contributed by atoms with van der Waals surface area (Å²) >= 11 is 1.08. The summed E-state index contributed by atoms with van der Waals surface area (Å²) in [7, 11) is 0. The molecule has 0 bridgehead atoms. The predicted molar refractivity (Wildman–Crippen MR) is 125 cm³/mol. The molecule has 168 valence electrons. The maximum Gasteiger partial charge on any atom is 0.359 e. The summed E-state index contributed by atoms with van der Waals surface area (Å²) in [5, 5.41) is 11.7. The number of amides is 2. The number of nitrogens with one attached hydrogen (secondary N) is 2. The molecule has 2 aromatic carbocycles. The van der Waals surface area contributed by atoms with E-state index in [0.717, 1.165) is 21.6 Å². The van der Waals surface area contributed by atoms with Gasteiger partial charge in [-0.05, 0) is 50.2 Å². The van der Waals surface area contributed by atoms with E-state index in [4.69, 9.17) is 4.74 Å². The molecule has 2 N–H and O–H groups in total. The van der Waals surface area contributed by atoms with E-state index in [0.29, 0.717) is 5.69 Å². The maximum atomic E-state index is 13.4. The number of halogens is 1. The Morgan fingerprint density at radius 1 is 1.09 bits per heavy atom. The molecule has 33 heavy (non-hydrogen) atoms. The molecule has 0 saturated heterocycles. The van der Waals surface area contributed by atoms with Gasteiger partial charge in [-0.2, -0.15) is 9.78 Å². The number of esters is 1. The summed E-state index contributed by atoms with van der Waals surface area (Å²) in [5.74, 6) is -1.20. The Balaban J connectivity index is 1.78. The lowest BCUT2D eigenvalue weighted by atomic mass is 10.2. The Hall–Kier alpha value is -4.05. The van der Waals surface area contributed by atoms with Gasteiger partial charge in [0.05, 0.1) is 17.7 Å². The number of ether oxygens (including phenoxy) is 1. The number of anilines is 2. The third-order valence-electron chi connectivity index (χ3n) is 4.73. The van der Waals surface area contributed by atoms with Gasteiger partial charge in [0.25, 0.3) is 5.56 Å². The first-order valence-corrected chi connectivity index (χ1v) is 10.9. The molecule has 0 aliphatic rings. The number of rotatable bonds is 5. The number of carbonyl (C=O) groups excluding carboxylic acids is 2. The fourth-order valence-electron chi connectivity index (χ4n) is 3.15. The Morgan fingerprint density at radius 2 is 1.79 bits per heavy atom. The SMILES string of the molecule is CCOC(=O)c1nn(-c2ccc(F)cc2)c(=O)c2c(NC(=O)Nc3ccc(C)cc3)scc12. The molecule has 0 spiro atoms. The molecule has 8 nitrogen and oxygen atoms in total. The van der Waals surface area contributed by atoms with Crippen molar-refractivity contribution in [1.29, 1.82) is 0 Å². The molecule has 0 unspecified atom stereocenters. The lowest BCUT2D eigenvalue weighted by molar-refractivity contribution is 0.0520. The van der Waals surface area contributed by atoms with Crippen LogP contribution in [0.2, 0.25) is 0 Å². The molecule has 2 aromatic heterocycles. The first kappa shape index (κ1) is 22.2. The average molecular weight is 466 g/mol. The first-order valence-electron chi connectivity index (χ1n) is 9.99. The van der Waals surface area contributed by atoms with E-state index in [1.807, 2.05) is 19.1 Å². The molecule has 0 aliphatic carbocycles. The summed E-state index contributed by atoms with van der Waals surface area (Å²) in [6, 6.07) is 11.8. The van der Waals surface area contributed by atoms with Crippen molar-refractivity contribution in [3.63, 3.8) is 0 Å². The van der Waals surface area contributed by atoms with Crippen molar-refractivity contribution in [2.45, 2.75) is 13.8 Å². The van der Waals surface area contributed by atoms with Gasteiger partial charge in [0.1, 0.15) is 10.8 Å². The van der Waals surface area contributed by atoms with Gasteiger partial charge in [-0.1, -0.05) is 17.7 Å². The molecular weight excluding hydrogens is 447 g/mol. The predicted octanol–water partition coefficient (Wildman–Crippen LogP) is 4.72. The standard InChI is InChI=1S/C23H19FN4O4S/c1-3-32-22(30)19-17-12-33-20(26-23(31)25-15-8-4-13(2)5-9-15)18(17)21(29)28(27-19)16-10-6-14(24)7-11-16/h4-12H,3H2,1-2H3,(H2,25,26,31). The van der Waals surface area contributed by atoms with Crippen LogP contribution < -0.4 is 16.2 Å². The van der Waals surface area contributed by atoms with Crippen LogP contribution in [0.15, 0.2) is 58.7 Å². The highest BCUT2D eigenvalue weighted by Gasteiger charge is 2.23. The minimum absolute atomic E-state index is 0.0842. The number of nitrogens with zero attached hydrogens (tertiary/aromatic N) is 2. The lowest BCUT2D eigenvalue weighted by Crippen LogP contribution is -2.26. The molecule has 0 radical (unpaired) electrons. The second-order valence-electron chi connectivity index (χ2n) is 7.06. The van der Waals surface area contributed by atoms with Crippen LogP contribution in [0.25, 0.3) is 16.5 Å². The molecule has 2 heterocycles. The largest absolute Gasteiger partial charge is 0.461 e. The number of urea groups is 1. The number of hydrogen-bond donors (Lipinski definition) is 2. The molecular formula is C23H19FN4O4S. The Bertz CT molecular complexity index is 1400. The number of fused-ring (bicyclic) bond motifs is 1. The zero-order valence-electron chi connectivity index (χ0n) is 17.7. The lowest BCUT2D eigenvalue weighted by Gasteiger charge is -2.10. The molecule has 2 amide bonds. The second-order valence-corrected chi connectivity index (χ2v) is 7.94. The van der Waals surface area contributed by atoms with Crippen LogP contribution in [0.3, 0.4) is 0 Å². The molecule has 0 fully saturated rings. The van der Waals surface area contributed by atoms with Gasteiger partial charge in [0.15, 0.2) is 5.69 Å². The van der Waals surface area contributed by atoms with Gasteiger partial charge >= 0.3 is 12.0 Å². The summed E-state index contributed by atoms with van der Waals surface area (Å²) in [4.78, 5) is 38.4. The fraction of sp³-hybridized carbons (Fsp3) is 0.130. The van der Waals surface area contributed by atoms with E-state index in [-0.39, 0.29) is 33.8 Å². The van der Waals surface area contributed by atoms with Crippen LogP contribution in [0, 0.1) is 12.7 Å². The second kappa shape index (κ2) is 9.21. The summed E-state index contributed by atoms with van der Waals surface area (Å²) < 4.78 is 19.5. The highest BCUT2D eigenvalue weighted by Crippen LogP contribution is 2.31. The van der Waals surface area contributed by atoms with Gasteiger partial charge < -0.3 is 10.1 Å². The van der Waals surface area contributed by atoms with E-state index in [1.54, 1.807) is 24.4 Å². The zero-order chi connectivity index (χ0) is 23.5. The van der Waals surface area contributed by atoms with Crippen molar-refractivity contribution < 1.29 is 18.7 Å². The minimum Gasteiger partial charge on any atom is -0.461 e. The number of carbonyl (C=O) groups is 2. The van der Waals surface area contributed by atoms with Crippen molar-refractivity contribution in [3.8, 4) is 5.69 Å². The van der Waals surface area contributed by atoms with Gasteiger partial charge in [-0.3, -0.25) is 10.1 Å². The molecule has 0 saturated carbocycles. The van der Waals surface area contributed by atoms with Gasteiger partial charge in [0, 0.05) is 16.5 Å². The van der Waals surface area contributed by atoms with Crippen molar-refractivity contribution in [3.05, 3.63) is 81.3 Å². The van der Waals surface area contributed by atoms with Gasteiger partial charge in [-0.15, -0.1) is 11.3 Å². The quantitative estimate of drug-likeness (QED) is 0.415. The highest BCUT2D eigenvalue weighted by atomic mass is 32.1. The Morgan fingerprint density at radius 3 is 2.45 bits per heavy atom.